The van der Waals surface area contributed by atoms with Crippen LogP contribution in [-0.4, -0.2) is 41.8 Å². The second kappa shape index (κ2) is 7.93. The fourth-order valence-electron chi connectivity index (χ4n) is 4.61. The highest BCUT2D eigenvalue weighted by Gasteiger charge is 2.43. The predicted molar refractivity (Wildman–Crippen MR) is 124 cm³/mol. The van der Waals surface area contributed by atoms with E-state index < -0.39 is 5.60 Å². The molecule has 32 heavy (non-hydrogen) atoms. The molecule has 3 aromatic rings. The molecule has 0 unspecified atom stereocenters. The minimum Gasteiger partial charge on any atom is -0.497 e. The van der Waals surface area contributed by atoms with Gasteiger partial charge in [0.25, 0.3) is 0 Å². The van der Waals surface area contributed by atoms with E-state index >= 15 is 0 Å². The topological polar surface area (TPSA) is 64.5 Å². The molecule has 5 rings (SSSR count). The monoisotopic (exact) mass is 429 g/mol. The van der Waals surface area contributed by atoms with E-state index in [1.807, 2.05) is 55.5 Å². The second-order valence-corrected chi connectivity index (χ2v) is 8.76. The quantitative estimate of drug-likeness (QED) is 0.597. The number of carbonyl (C=O) groups excluding carboxylic acids is 1. The molecule has 3 heterocycles. The molecule has 1 fully saturated rings. The van der Waals surface area contributed by atoms with Gasteiger partial charge in [0.15, 0.2) is 11.6 Å². The van der Waals surface area contributed by atoms with E-state index in [1.165, 1.54) is 0 Å². The Balaban J connectivity index is 1.29. The number of carbonyl (C=O) groups is 1. The van der Waals surface area contributed by atoms with E-state index in [9.17, 15) is 4.79 Å². The van der Waals surface area contributed by atoms with Crippen LogP contribution < -0.4 is 14.4 Å². The average Bonchev–Trinajstić information content (AvgIpc) is 2.82. The van der Waals surface area contributed by atoms with Crippen molar-refractivity contribution in [3.05, 3.63) is 65.2 Å². The lowest BCUT2D eigenvalue weighted by Gasteiger charge is -2.44. The summed E-state index contributed by atoms with van der Waals surface area (Å²) in [5.74, 6) is 2.63. The van der Waals surface area contributed by atoms with Gasteiger partial charge in [-0.2, -0.15) is 0 Å². The van der Waals surface area contributed by atoms with Crippen molar-refractivity contribution in [2.75, 3.05) is 25.1 Å². The van der Waals surface area contributed by atoms with Gasteiger partial charge in [-0.3, -0.25) is 4.79 Å². The minimum atomic E-state index is -0.421. The first-order chi connectivity index (χ1) is 15.5. The Morgan fingerprint density at radius 2 is 1.72 bits per heavy atom. The SMILES string of the molecule is COc1ccc(-c2ccc(N3CCC4(CC3)CC(=O)c3ccc(C)c(C)c3O4)nn2)cc1. The van der Waals surface area contributed by atoms with E-state index in [0.29, 0.717) is 6.42 Å². The molecule has 0 bridgehead atoms. The van der Waals surface area contributed by atoms with Crippen LogP contribution in [0.3, 0.4) is 0 Å². The molecule has 0 N–H and O–H groups in total. The molecular formula is C26H27N3O3. The molecule has 2 aromatic carbocycles. The van der Waals surface area contributed by atoms with Gasteiger partial charge in [-0.25, -0.2) is 0 Å². The van der Waals surface area contributed by atoms with Gasteiger partial charge in [0.05, 0.1) is 24.8 Å². The van der Waals surface area contributed by atoms with Crippen LogP contribution in [0.25, 0.3) is 11.3 Å². The molecule has 0 saturated carbocycles. The maximum atomic E-state index is 12.9. The molecule has 0 amide bonds. The molecule has 2 aliphatic heterocycles. The van der Waals surface area contributed by atoms with Crippen LogP contribution in [0.15, 0.2) is 48.5 Å². The number of fused-ring (bicyclic) bond motifs is 1. The van der Waals surface area contributed by atoms with Crippen LogP contribution in [0.4, 0.5) is 5.82 Å². The van der Waals surface area contributed by atoms with E-state index in [4.69, 9.17) is 9.47 Å². The third-order valence-corrected chi connectivity index (χ3v) is 6.81. The van der Waals surface area contributed by atoms with Gasteiger partial charge in [-0.1, -0.05) is 6.07 Å². The van der Waals surface area contributed by atoms with Crippen molar-refractivity contribution in [1.29, 1.82) is 0 Å². The predicted octanol–water partition coefficient (Wildman–Crippen LogP) is 4.77. The standard InChI is InChI=1S/C26H27N3O3/c1-17-4-9-21-23(30)16-26(32-25(21)18(17)2)12-14-29(15-13-26)24-11-10-22(27-28-24)19-5-7-20(31-3)8-6-19/h4-11H,12-16H2,1-3H3. The Bertz CT molecular complexity index is 1150. The summed E-state index contributed by atoms with van der Waals surface area (Å²) in [6.45, 7) is 5.66. The normalized spacial score (nSPS) is 17.1. The first kappa shape index (κ1) is 20.5. The van der Waals surface area contributed by atoms with Gasteiger partial charge < -0.3 is 14.4 Å². The van der Waals surface area contributed by atoms with Crippen molar-refractivity contribution in [3.63, 3.8) is 0 Å². The number of ketones is 1. The summed E-state index contributed by atoms with van der Waals surface area (Å²) in [5.41, 5.74) is 4.35. The summed E-state index contributed by atoms with van der Waals surface area (Å²) >= 11 is 0. The van der Waals surface area contributed by atoms with Crippen LogP contribution in [-0.2, 0) is 0 Å². The largest absolute Gasteiger partial charge is 0.497 e. The smallest absolute Gasteiger partial charge is 0.170 e. The molecule has 164 valence electrons. The summed E-state index contributed by atoms with van der Waals surface area (Å²) in [5, 5.41) is 8.90. The maximum Gasteiger partial charge on any atom is 0.170 e. The molecule has 0 atom stereocenters. The van der Waals surface area contributed by atoms with Gasteiger partial charge >= 0.3 is 0 Å². The lowest BCUT2D eigenvalue weighted by atomic mass is 9.81. The Labute approximate surface area is 188 Å². The van der Waals surface area contributed by atoms with Crippen molar-refractivity contribution in [1.82, 2.24) is 10.2 Å². The lowest BCUT2D eigenvalue weighted by Crippen LogP contribution is -2.51. The molecule has 2 aliphatic rings. The molecule has 6 nitrogen and oxygen atoms in total. The average molecular weight is 430 g/mol. The fourth-order valence-corrected chi connectivity index (χ4v) is 4.61. The highest BCUT2D eigenvalue weighted by molar-refractivity contribution is 6.01. The number of aryl methyl sites for hydroxylation is 1. The summed E-state index contributed by atoms with van der Waals surface area (Å²) < 4.78 is 11.7. The first-order valence-electron chi connectivity index (χ1n) is 11.0. The van der Waals surface area contributed by atoms with Crippen molar-refractivity contribution < 1.29 is 14.3 Å². The Kier molecular flexibility index (Phi) is 5.08. The molecule has 1 saturated heterocycles. The highest BCUT2D eigenvalue weighted by Crippen LogP contribution is 2.42. The van der Waals surface area contributed by atoms with E-state index in [2.05, 4.69) is 22.0 Å². The second-order valence-electron chi connectivity index (χ2n) is 8.76. The Hall–Kier alpha value is -3.41. The number of rotatable bonds is 3. The van der Waals surface area contributed by atoms with Crippen LogP contribution in [0.1, 0.15) is 40.7 Å². The Morgan fingerprint density at radius 1 is 0.969 bits per heavy atom. The lowest BCUT2D eigenvalue weighted by molar-refractivity contribution is 0.0224. The molecule has 1 aromatic heterocycles. The van der Waals surface area contributed by atoms with Crippen molar-refractivity contribution >= 4 is 11.6 Å². The molecule has 0 aliphatic carbocycles. The first-order valence-corrected chi connectivity index (χ1v) is 11.0. The van der Waals surface area contributed by atoms with Crippen molar-refractivity contribution in [3.8, 4) is 22.8 Å². The van der Waals surface area contributed by atoms with Gasteiger partial charge in [-0.15, -0.1) is 10.2 Å². The van der Waals surface area contributed by atoms with Crippen LogP contribution in [0.2, 0.25) is 0 Å². The third-order valence-electron chi connectivity index (χ3n) is 6.81. The number of anilines is 1. The molecule has 6 heteroatoms. The summed E-state index contributed by atoms with van der Waals surface area (Å²) in [4.78, 5) is 15.1. The minimum absolute atomic E-state index is 0.187. The van der Waals surface area contributed by atoms with Crippen molar-refractivity contribution in [2.24, 2.45) is 0 Å². The number of benzene rings is 2. The van der Waals surface area contributed by atoms with E-state index in [0.717, 1.165) is 71.2 Å². The summed E-state index contributed by atoms with van der Waals surface area (Å²) in [6.07, 6.45) is 2.01. The zero-order chi connectivity index (χ0) is 22.3. The molecule has 1 spiro atoms. The number of nitrogens with zero attached hydrogens (tertiary/aromatic N) is 3. The van der Waals surface area contributed by atoms with Gasteiger partial charge in [0, 0.05) is 31.5 Å². The van der Waals surface area contributed by atoms with E-state index in [-0.39, 0.29) is 5.78 Å². The summed E-state index contributed by atoms with van der Waals surface area (Å²) in [7, 11) is 1.65. The number of Topliss-reactive ketones (excluding diaryl/α,β-unsaturated/α-hetero) is 1. The van der Waals surface area contributed by atoms with Crippen molar-refractivity contribution in [2.45, 2.75) is 38.7 Å². The zero-order valence-electron chi connectivity index (χ0n) is 18.7. The fraction of sp³-hybridized carbons (Fsp3) is 0.346. The summed E-state index contributed by atoms with van der Waals surface area (Å²) in [6, 6.07) is 15.7. The maximum absolute atomic E-state index is 12.9. The van der Waals surface area contributed by atoms with Gasteiger partial charge in [0.2, 0.25) is 0 Å². The Morgan fingerprint density at radius 3 is 2.38 bits per heavy atom. The van der Waals surface area contributed by atoms with E-state index in [1.54, 1.807) is 7.11 Å². The number of methoxy groups -OCH3 is 1. The van der Waals surface area contributed by atoms with Crippen LogP contribution in [0.5, 0.6) is 11.5 Å². The highest BCUT2D eigenvalue weighted by atomic mass is 16.5. The molecule has 0 radical (unpaired) electrons. The number of hydrogen-bond donors (Lipinski definition) is 0. The number of aromatic nitrogens is 2. The van der Waals surface area contributed by atoms with Gasteiger partial charge in [-0.05, 0) is 67.4 Å². The number of ether oxygens (including phenoxy) is 2. The van der Waals surface area contributed by atoms with Gasteiger partial charge in [0.1, 0.15) is 17.1 Å². The number of piperidine rings is 1. The number of hydrogen-bond acceptors (Lipinski definition) is 6. The zero-order valence-corrected chi connectivity index (χ0v) is 18.7. The van der Waals surface area contributed by atoms with Crippen LogP contribution in [0, 0.1) is 13.8 Å². The third kappa shape index (κ3) is 3.60. The molecular weight excluding hydrogens is 402 g/mol. The van der Waals surface area contributed by atoms with Crippen LogP contribution >= 0.6 is 0 Å².